The summed E-state index contributed by atoms with van der Waals surface area (Å²) in [5.41, 5.74) is 0.973. The van der Waals surface area contributed by atoms with Crippen molar-refractivity contribution < 1.29 is 15.0 Å². The molecule has 2 rings (SSSR count). The van der Waals surface area contributed by atoms with Gasteiger partial charge in [-0.3, -0.25) is 0 Å². The molecule has 3 nitrogen and oxygen atoms in total. The summed E-state index contributed by atoms with van der Waals surface area (Å²) in [4.78, 5) is 11.1. The lowest BCUT2D eigenvalue weighted by atomic mass is 9.97. The number of benzene rings is 2. The van der Waals surface area contributed by atoms with Crippen LogP contribution < -0.4 is 0 Å². The van der Waals surface area contributed by atoms with Gasteiger partial charge < -0.3 is 10.2 Å². The van der Waals surface area contributed by atoms with Gasteiger partial charge in [0.15, 0.2) is 0 Å². The maximum atomic E-state index is 11.1. The van der Waals surface area contributed by atoms with Crippen LogP contribution in [0.2, 0.25) is 0 Å². The van der Waals surface area contributed by atoms with Crippen LogP contribution in [0, 0.1) is 0 Å². The number of rotatable bonds is 3. The first-order valence-corrected chi connectivity index (χ1v) is 5.09. The summed E-state index contributed by atoms with van der Waals surface area (Å²) in [5, 5.41) is 20.0. The van der Waals surface area contributed by atoms with Crippen LogP contribution >= 0.6 is 0 Å². The van der Waals surface area contributed by atoms with Crippen LogP contribution in [0.4, 0.5) is 0 Å². The minimum atomic E-state index is -0.950. The Morgan fingerprint density at radius 1 is 1.12 bits per heavy atom. The average molecular weight is 216 g/mol. The van der Waals surface area contributed by atoms with Crippen LogP contribution in [0.3, 0.4) is 0 Å². The average Bonchev–Trinajstić information content (AvgIpc) is 2.29. The molecule has 0 aliphatic heterocycles. The van der Waals surface area contributed by atoms with Crippen LogP contribution in [-0.4, -0.2) is 22.8 Å². The first kappa shape index (κ1) is 10.6. The maximum Gasteiger partial charge on any atom is 0.335 e. The van der Waals surface area contributed by atoms with E-state index in [1.807, 2.05) is 24.3 Å². The fourth-order valence-corrected chi connectivity index (χ4v) is 1.92. The lowest BCUT2D eigenvalue weighted by molar-refractivity contribution is 0.0695. The summed E-state index contributed by atoms with van der Waals surface area (Å²) < 4.78 is 0. The molecule has 3 heteroatoms. The van der Waals surface area contributed by atoms with Gasteiger partial charge in [0.2, 0.25) is 0 Å². The highest BCUT2D eigenvalue weighted by atomic mass is 16.4. The number of fused-ring (bicyclic) bond motifs is 1. The van der Waals surface area contributed by atoms with Crippen molar-refractivity contribution in [3.63, 3.8) is 0 Å². The van der Waals surface area contributed by atoms with Crippen LogP contribution in [0.1, 0.15) is 15.9 Å². The molecule has 2 N–H and O–H groups in total. The Balaban J connectivity index is 2.73. The largest absolute Gasteiger partial charge is 0.478 e. The zero-order valence-corrected chi connectivity index (χ0v) is 8.68. The molecule has 0 spiro atoms. The molecule has 2 aromatic carbocycles. The molecular weight excluding hydrogens is 204 g/mol. The molecule has 0 aromatic heterocycles. The third-order valence-electron chi connectivity index (χ3n) is 2.63. The van der Waals surface area contributed by atoms with Crippen molar-refractivity contribution in [1.29, 1.82) is 0 Å². The molecule has 16 heavy (non-hydrogen) atoms. The molecule has 2 aromatic rings. The van der Waals surface area contributed by atoms with Crippen molar-refractivity contribution in [2.45, 2.75) is 6.42 Å². The van der Waals surface area contributed by atoms with E-state index in [0.717, 1.165) is 10.8 Å². The van der Waals surface area contributed by atoms with Gasteiger partial charge >= 0.3 is 5.97 Å². The van der Waals surface area contributed by atoms with E-state index >= 15 is 0 Å². The molecule has 0 amide bonds. The van der Waals surface area contributed by atoms with Crippen molar-refractivity contribution >= 4 is 16.7 Å². The monoisotopic (exact) mass is 216 g/mol. The van der Waals surface area contributed by atoms with Gasteiger partial charge in [0.25, 0.3) is 0 Å². The van der Waals surface area contributed by atoms with Crippen LogP contribution in [0.5, 0.6) is 0 Å². The van der Waals surface area contributed by atoms with E-state index in [1.54, 1.807) is 12.1 Å². The van der Waals surface area contributed by atoms with Gasteiger partial charge in [-0.05, 0) is 28.8 Å². The first-order chi connectivity index (χ1) is 7.74. The maximum absolute atomic E-state index is 11.1. The zero-order valence-electron chi connectivity index (χ0n) is 8.68. The third kappa shape index (κ3) is 1.77. The second-order valence-electron chi connectivity index (χ2n) is 3.59. The topological polar surface area (TPSA) is 57.5 Å². The molecule has 0 heterocycles. The third-order valence-corrected chi connectivity index (χ3v) is 2.63. The van der Waals surface area contributed by atoms with Gasteiger partial charge in [0, 0.05) is 6.61 Å². The molecule has 0 fully saturated rings. The molecule has 0 aliphatic rings. The summed E-state index contributed by atoms with van der Waals surface area (Å²) in [6.07, 6.45) is 0.364. The molecule has 0 unspecified atom stereocenters. The summed E-state index contributed by atoms with van der Waals surface area (Å²) in [7, 11) is 0. The van der Waals surface area contributed by atoms with E-state index in [-0.39, 0.29) is 12.2 Å². The van der Waals surface area contributed by atoms with Gasteiger partial charge in [-0.1, -0.05) is 30.3 Å². The Morgan fingerprint density at radius 2 is 1.88 bits per heavy atom. The minimum absolute atomic E-state index is 0.0473. The molecule has 0 radical (unpaired) electrons. The molecule has 0 aliphatic carbocycles. The summed E-state index contributed by atoms with van der Waals surface area (Å²) >= 11 is 0. The summed E-state index contributed by atoms with van der Waals surface area (Å²) in [5.74, 6) is -0.950. The number of hydrogen-bond donors (Lipinski definition) is 2. The predicted molar refractivity (Wildman–Crippen MR) is 61.7 cm³/mol. The number of carbonyl (C=O) groups is 1. The molecule has 0 saturated carbocycles. The summed E-state index contributed by atoms with van der Waals surface area (Å²) in [6.45, 7) is -0.0473. The summed E-state index contributed by atoms with van der Waals surface area (Å²) in [6, 6.07) is 11.0. The fraction of sp³-hybridized carbons (Fsp3) is 0.154. The second kappa shape index (κ2) is 4.33. The Bertz CT molecular complexity index is 532. The number of aliphatic hydroxyl groups excluding tert-OH is 1. The van der Waals surface area contributed by atoms with E-state index < -0.39 is 5.97 Å². The van der Waals surface area contributed by atoms with Crippen molar-refractivity contribution in [2.24, 2.45) is 0 Å². The number of carboxylic acids is 1. The molecule has 0 bridgehead atoms. The Hall–Kier alpha value is -1.87. The first-order valence-electron chi connectivity index (χ1n) is 5.09. The van der Waals surface area contributed by atoms with Crippen molar-refractivity contribution in [1.82, 2.24) is 0 Å². The SMILES string of the molecule is O=C(O)c1ccc2ccccc2c1CCO. The normalized spacial score (nSPS) is 10.6. The Kier molecular flexibility index (Phi) is 2.88. The Labute approximate surface area is 93.0 Å². The standard InChI is InChI=1S/C13H12O3/c14-8-7-11-10-4-2-1-3-9(10)5-6-12(11)13(15)16/h1-6,14H,7-8H2,(H,15,16). The lowest BCUT2D eigenvalue weighted by Crippen LogP contribution is -2.05. The van der Waals surface area contributed by atoms with E-state index in [9.17, 15) is 4.79 Å². The van der Waals surface area contributed by atoms with E-state index in [1.165, 1.54) is 0 Å². The number of aliphatic hydroxyl groups is 1. The molecule has 0 saturated heterocycles. The highest BCUT2D eigenvalue weighted by Gasteiger charge is 2.12. The molecular formula is C13H12O3. The smallest absolute Gasteiger partial charge is 0.335 e. The van der Waals surface area contributed by atoms with E-state index in [0.29, 0.717) is 12.0 Å². The predicted octanol–water partition coefficient (Wildman–Crippen LogP) is 2.07. The van der Waals surface area contributed by atoms with Gasteiger partial charge in [0.05, 0.1) is 5.56 Å². The van der Waals surface area contributed by atoms with Gasteiger partial charge in [0.1, 0.15) is 0 Å². The minimum Gasteiger partial charge on any atom is -0.478 e. The van der Waals surface area contributed by atoms with E-state index in [2.05, 4.69) is 0 Å². The van der Waals surface area contributed by atoms with Crippen LogP contribution in [0.25, 0.3) is 10.8 Å². The number of aromatic carboxylic acids is 1. The van der Waals surface area contributed by atoms with Gasteiger partial charge in [-0.2, -0.15) is 0 Å². The second-order valence-corrected chi connectivity index (χ2v) is 3.59. The quantitative estimate of drug-likeness (QED) is 0.825. The molecule has 82 valence electrons. The number of hydrogen-bond acceptors (Lipinski definition) is 2. The highest BCUT2D eigenvalue weighted by Crippen LogP contribution is 2.23. The van der Waals surface area contributed by atoms with Crippen LogP contribution in [-0.2, 0) is 6.42 Å². The van der Waals surface area contributed by atoms with Crippen molar-refractivity contribution in [3.8, 4) is 0 Å². The van der Waals surface area contributed by atoms with Gasteiger partial charge in [-0.25, -0.2) is 4.79 Å². The molecule has 0 atom stereocenters. The van der Waals surface area contributed by atoms with Crippen molar-refractivity contribution in [2.75, 3.05) is 6.61 Å². The van der Waals surface area contributed by atoms with Gasteiger partial charge in [-0.15, -0.1) is 0 Å². The lowest BCUT2D eigenvalue weighted by Gasteiger charge is -2.08. The highest BCUT2D eigenvalue weighted by molar-refractivity contribution is 5.97. The fourth-order valence-electron chi connectivity index (χ4n) is 1.92. The van der Waals surface area contributed by atoms with Crippen molar-refractivity contribution in [3.05, 3.63) is 47.5 Å². The number of carboxylic acid groups (broad SMARTS) is 1. The van der Waals surface area contributed by atoms with Crippen LogP contribution in [0.15, 0.2) is 36.4 Å². The van der Waals surface area contributed by atoms with E-state index in [4.69, 9.17) is 10.2 Å². The Morgan fingerprint density at radius 3 is 2.56 bits per heavy atom. The zero-order chi connectivity index (χ0) is 11.5.